The van der Waals surface area contributed by atoms with Gasteiger partial charge in [0.2, 0.25) is 0 Å². The first-order chi connectivity index (χ1) is 13.7. The topological polar surface area (TPSA) is 21.3 Å². The fourth-order valence-electron chi connectivity index (χ4n) is 6.41. The molecule has 0 heterocycles. The molecule has 2 aromatic carbocycles. The zero-order valence-electron chi connectivity index (χ0n) is 16.9. The predicted molar refractivity (Wildman–Crippen MR) is 123 cm³/mol. The Labute approximate surface area is 185 Å². The van der Waals surface area contributed by atoms with Crippen LogP contribution in [0.25, 0.3) is 11.1 Å². The highest BCUT2D eigenvalue weighted by atomic mass is 35.5. The highest BCUT2D eigenvalue weighted by molar-refractivity contribution is 6.31. The van der Waals surface area contributed by atoms with E-state index in [2.05, 4.69) is 29.6 Å². The van der Waals surface area contributed by atoms with E-state index in [-0.39, 0.29) is 12.4 Å². The van der Waals surface area contributed by atoms with Gasteiger partial charge in [0.25, 0.3) is 0 Å². The van der Waals surface area contributed by atoms with Gasteiger partial charge in [-0.3, -0.25) is 0 Å². The lowest BCUT2D eigenvalue weighted by Crippen LogP contribution is -2.58. The smallest absolute Gasteiger partial charge is 0.127 e. The summed E-state index contributed by atoms with van der Waals surface area (Å²) in [4.78, 5) is 0. The van der Waals surface area contributed by atoms with Crippen LogP contribution in [-0.2, 0) is 0 Å². The van der Waals surface area contributed by atoms with Crippen molar-refractivity contribution in [3.8, 4) is 16.9 Å². The van der Waals surface area contributed by atoms with E-state index in [1.807, 2.05) is 24.3 Å². The van der Waals surface area contributed by atoms with Crippen LogP contribution < -0.4 is 10.1 Å². The van der Waals surface area contributed by atoms with Gasteiger partial charge in [-0.1, -0.05) is 41.9 Å². The first-order valence-corrected chi connectivity index (χ1v) is 11.3. The minimum absolute atomic E-state index is 0. The molecule has 0 radical (unpaired) electrons. The Balaban J connectivity index is 0.00000205. The molecule has 0 aliphatic heterocycles. The quantitative estimate of drug-likeness (QED) is 0.489. The SMILES string of the molecule is Cl.Clc1ccc(OCCCNC23CC4CC(CC(C4)C2)C3)c(-c2ccccc2)c1. The Morgan fingerprint density at radius 3 is 2.24 bits per heavy atom. The lowest BCUT2D eigenvalue weighted by atomic mass is 9.53. The van der Waals surface area contributed by atoms with Crippen LogP contribution in [0.4, 0.5) is 0 Å². The van der Waals surface area contributed by atoms with Crippen LogP contribution in [0.15, 0.2) is 48.5 Å². The van der Waals surface area contributed by atoms with Crippen molar-refractivity contribution < 1.29 is 4.74 Å². The van der Waals surface area contributed by atoms with E-state index >= 15 is 0 Å². The molecule has 6 rings (SSSR count). The molecule has 4 bridgehead atoms. The highest BCUT2D eigenvalue weighted by Crippen LogP contribution is 2.55. The van der Waals surface area contributed by atoms with E-state index in [1.165, 1.54) is 38.5 Å². The van der Waals surface area contributed by atoms with Gasteiger partial charge in [-0.2, -0.15) is 0 Å². The number of halogens is 2. The lowest BCUT2D eigenvalue weighted by Gasteiger charge is -2.57. The van der Waals surface area contributed by atoms with Gasteiger partial charge in [0.05, 0.1) is 6.61 Å². The standard InChI is InChI=1S/C25H30ClNO.ClH/c26-22-7-8-24(23(14-22)21-5-2-1-3-6-21)28-10-4-9-27-25-15-18-11-19(16-25)13-20(12-18)17-25;/h1-3,5-8,14,18-20,27H,4,9-13,15-17H2;1H. The Morgan fingerprint density at radius 1 is 0.931 bits per heavy atom. The summed E-state index contributed by atoms with van der Waals surface area (Å²) >= 11 is 6.23. The Hall–Kier alpha value is -1.22. The summed E-state index contributed by atoms with van der Waals surface area (Å²) in [5.74, 6) is 3.91. The fraction of sp³-hybridized carbons (Fsp3) is 0.520. The van der Waals surface area contributed by atoms with Crippen molar-refractivity contribution >= 4 is 24.0 Å². The minimum Gasteiger partial charge on any atom is -0.493 e. The van der Waals surface area contributed by atoms with Gasteiger partial charge in [-0.25, -0.2) is 0 Å². The van der Waals surface area contributed by atoms with Crippen LogP contribution in [-0.4, -0.2) is 18.7 Å². The molecule has 4 aliphatic carbocycles. The average molecular weight is 432 g/mol. The van der Waals surface area contributed by atoms with Crippen molar-refractivity contribution in [1.82, 2.24) is 5.32 Å². The number of benzene rings is 2. The van der Waals surface area contributed by atoms with Crippen LogP contribution in [0.1, 0.15) is 44.9 Å². The second-order valence-electron chi connectivity index (χ2n) is 9.33. The zero-order valence-corrected chi connectivity index (χ0v) is 18.5. The number of nitrogens with one attached hydrogen (secondary N) is 1. The zero-order chi connectivity index (χ0) is 19.0. The summed E-state index contributed by atoms with van der Waals surface area (Å²) in [6.45, 7) is 1.79. The van der Waals surface area contributed by atoms with Crippen molar-refractivity contribution in [3.05, 3.63) is 53.6 Å². The molecule has 0 spiro atoms. The van der Waals surface area contributed by atoms with Crippen molar-refractivity contribution in [2.45, 2.75) is 50.5 Å². The summed E-state index contributed by atoms with van der Waals surface area (Å²) in [6, 6.07) is 16.3. The molecule has 4 aliphatic rings. The molecule has 4 saturated carbocycles. The van der Waals surface area contributed by atoms with E-state index in [4.69, 9.17) is 16.3 Å². The minimum atomic E-state index is 0. The second kappa shape index (κ2) is 8.88. The predicted octanol–water partition coefficient (Wildman–Crippen LogP) is 6.76. The van der Waals surface area contributed by atoms with Crippen LogP contribution in [0.3, 0.4) is 0 Å². The molecule has 0 unspecified atom stereocenters. The van der Waals surface area contributed by atoms with E-state index in [9.17, 15) is 0 Å². The number of hydrogen-bond donors (Lipinski definition) is 1. The third-order valence-corrected chi connectivity index (χ3v) is 7.38. The molecule has 2 aromatic rings. The first kappa shape index (κ1) is 21.0. The Bertz CT molecular complexity index is 788. The molecule has 2 nitrogen and oxygen atoms in total. The summed E-state index contributed by atoms with van der Waals surface area (Å²) in [7, 11) is 0. The largest absolute Gasteiger partial charge is 0.493 e. The monoisotopic (exact) mass is 431 g/mol. The van der Waals surface area contributed by atoms with Crippen LogP contribution >= 0.6 is 24.0 Å². The van der Waals surface area contributed by atoms with E-state index in [0.29, 0.717) is 5.54 Å². The molecule has 1 N–H and O–H groups in total. The third-order valence-electron chi connectivity index (χ3n) is 7.14. The maximum atomic E-state index is 6.23. The van der Waals surface area contributed by atoms with Crippen LogP contribution in [0.2, 0.25) is 5.02 Å². The third kappa shape index (κ3) is 4.60. The van der Waals surface area contributed by atoms with Crippen molar-refractivity contribution in [1.29, 1.82) is 0 Å². The van der Waals surface area contributed by atoms with E-state index in [0.717, 1.165) is 59.2 Å². The van der Waals surface area contributed by atoms with Gasteiger partial charge >= 0.3 is 0 Å². The summed E-state index contributed by atoms with van der Waals surface area (Å²) in [5.41, 5.74) is 2.67. The molecule has 29 heavy (non-hydrogen) atoms. The van der Waals surface area contributed by atoms with Crippen LogP contribution in [0, 0.1) is 17.8 Å². The maximum absolute atomic E-state index is 6.23. The van der Waals surface area contributed by atoms with Gasteiger partial charge in [-0.05, 0) is 93.0 Å². The number of rotatable bonds is 7. The molecule has 0 amide bonds. The van der Waals surface area contributed by atoms with Gasteiger partial charge in [0.15, 0.2) is 0 Å². The molecule has 0 saturated heterocycles. The van der Waals surface area contributed by atoms with E-state index < -0.39 is 0 Å². The average Bonchev–Trinajstić information content (AvgIpc) is 2.68. The van der Waals surface area contributed by atoms with Crippen molar-refractivity contribution in [2.24, 2.45) is 17.8 Å². The molecule has 0 aromatic heterocycles. The van der Waals surface area contributed by atoms with Gasteiger partial charge in [-0.15, -0.1) is 12.4 Å². The normalized spacial score (nSPS) is 29.5. The fourth-order valence-corrected chi connectivity index (χ4v) is 6.58. The van der Waals surface area contributed by atoms with Gasteiger partial charge in [0.1, 0.15) is 5.75 Å². The van der Waals surface area contributed by atoms with Gasteiger partial charge in [0, 0.05) is 16.1 Å². The van der Waals surface area contributed by atoms with E-state index in [1.54, 1.807) is 0 Å². The van der Waals surface area contributed by atoms with Gasteiger partial charge < -0.3 is 10.1 Å². The lowest BCUT2D eigenvalue weighted by molar-refractivity contribution is -0.0198. The van der Waals surface area contributed by atoms with Crippen molar-refractivity contribution in [2.75, 3.05) is 13.2 Å². The molecular weight excluding hydrogens is 401 g/mol. The molecule has 156 valence electrons. The van der Waals surface area contributed by atoms with Crippen LogP contribution in [0.5, 0.6) is 5.75 Å². The summed E-state index contributed by atoms with van der Waals surface area (Å²) < 4.78 is 6.17. The molecule has 4 fully saturated rings. The Kier molecular flexibility index (Phi) is 6.44. The first-order valence-electron chi connectivity index (χ1n) is 10.9. The summed E-state index contributed by atoms with van der Waals surface area (Å²) in [5, 5.41) is 4.71. The highest BCUT2D eigenvalue weighted by Gasteiger charge is 2.50. The number of ether oxygens (including phenoxy) is 1. The molecule has 4 heteroatoms. The number of hydrogen-bond acceptors (Lipinski definition) is 2. The summed E-state index contributed by atoms with van der Waals surface area (Å²) in [6.07, 6.45) is 9.78. The molecular formula is C25H31Cl2NO. The maximum Gasteiger partial charge on any atom is 0.127 e. The Morgan fingerprint density at radius 2 is 1.59 bits per heavy atom. The molecule has 0 atom stereocenters. The van der Waals surface area contributed by atoms with Crippen molar-refractivity contribution in [3.63, 3.8) is 0 Å². The second-order valence-corrected chi connectivity index (χ2v) is 9.77.